The molecule has 3 unspecified atom stereocenters. The molecule has 0 aliphatic heterocycles. The van der Waals surface area contributed by atoms with Crippen LogP contribution in [-0.2, 0) is 4.74 Å². The van der Waals surface area contributed by atoms with E-state index in [-0.39, 0.29) is 17.8 Å². The van der Waals surface area contributed by atoms with E-state index in [0.717, 1.165) is 5.56 Å². The molecule has 1 N–H and O–H groups in total. The molecule has 2 aromatic rings. The van der Waals surface area contributed by atoms with Gasteiger partial charge in [-0.05, 0) is 62.2 Å². The van der Waals surface area contributed by atoms with Crippen molar-refractivity contribution < 1.29 is 14.6 Å². The van der Waals surface area contributed by atoms with Crippen molar-refractivity contribution in [3.05, 3.63) is 69.7 Å². The lowest BCUT2D eigenvalue weighted by Gasteiger charge is -2.25. The van der Waals surface area contributed by atoms with Gasteiger partial charge < -0.3 is 9.84 Å². The molecule has 26 heavy (non-hydrogen) atoms. The molecule has 0 saturated heterocycles. The highest BCUT2D eigenvalue weighted by Crippen LogP contribution is 2.31. The van der Waals surface area contributed by atoms with E-state index in [0.29, 0.717) is 22.0 Å². The van der Waals surface area contributed by atoms with Crippen LogP contribution in [0.4, 0.5) is 0 Å². The van der Waals surface area contributed by atoms with Crippen LogP contribution in [0.5, 0.6) is 0 Å². The highest BCUT2D eigenvalue weighted by atomic mass is 35.5. The highest BCUT2D eigenvalue weighted by molar-refractivity contribution is 6.31. The first-order valence-electron chi connectivity index (χ1n) is 8.66. The summed E-state index contributed by atoms with van der Waals surface area (Å²) >= 11 is 12.1. The summed E-state index contributed by atoms with van der Waals surface area (Å²) in [6.07, 6.45) is -0.589. The van der Waals surface area contributed by atoms with Gasteiger partial charge in [0, 0.05) is 27.4 Å². The monoisotopic (exact) mass is 394 g/mol. The number of carbonyl (C=O) groups excluding carboxylic acids is 1. The van der Waals surface area contributed by atoms with Gasteiger partial charge >= 0.3 is 0 Å². The fourth-order valence-electron chi connectivity index (χ4n) is 2.83. The summed E-state index contributed by atoms with van der Waals surface area (Å²) in [6.45, 7) is 5.60. The number of rotatable bonds is 8. The van der Waals surface area contributed by atoms with Gasteiger partial charge in [-0.25, -0.2) is 0 Å². The van der Waals surface area contributed by atoms with Crippen LogP contribution in [0.3, 0.4) is 0 Å². The molecular weight excluding hydrogens is 371 g/mol. The molecule has 2 aromatic carbocycles. The number of carbonyl (C=O) groups is 1. The summed E-state index contributed by atoms with van der Waals surface area (Å²) in [5, 5.41) is 11.4. The molecule has 5 heteroatoms. The summed E-state index contributed by atoms with van der Waals surface area (Å²) in [7, 11) is 0. The van der Waals surface area contributed by atoms with Crippen LogP contribution in [-0.4, -0.2) is 23.3 Å². The Hall–Kier alpha value is -1.39. The Labute approximate surface area is 164 Å². The van der Waals surface area contributed by atoms with E-state index < -0.39 is 12.2 Å². The number of ether oxygens (including phenoxy) is 1. The number of benzene rings is 2. The van der Waals surface area contributed by atoms with Gasteiger partial charge in [0.1, 0.15) is 0 Å². The van der Waals surface area contributed by atoms with E-state index in [1.165, 1.54) is 0 Å². The van der Waals surface area contributed by atoms with E-state index in [9.17, 15) is 9.90 Å². The fraction of sp³-hybridized carbons (Fsp3) is 0.381. The lowest BCUT2D eigenvalue weighted by molar-refractivity contribution is -0.154. The molecular formula is C21H24Cl2O3. The van der Waals surface area contributed by atoms with Crippen LogP contribution in [0.15, 0.2) is 48.5 Å². The molecule has 0 aliphatic rings. The third-order valence-corrected chi connectivity index (χ3v) is 4.69. The topological polar surface area (TPSA) is 46.5 Å². The first kappa shape index (κ1) is 20.9. The van der Waals surface area contributed by atoms with Crippen LogP contribution >= 0.6 is 23.2 Å². The van der Waals surface area contributed by atoms with E-state index in [1.807, 2.05) is 32.9 Å². The molecule has 0 aromatic heterocycles. The Bertz CT molecular complexity index is 728. The number of halogens is 2. The smallest absolute Gasteiger partial charge is 0.170 e. The molecule has 0 aliphatic carbocycles. The van der Waals surface area contributed by atoms with Gasteiger partial charge in [0.2, 0.25) is 0 Å². The third kappa shape index (κ3) is 5.82. The number of aliphatic hydroxyl groups is 1. The molecule has 0 radical (unpaired) electrons. The van der Waals surface area contributed by atoms with Crippen molar-refractivity contribution in [3.63, 3.8) is 0 Å². The van der Waals surface area contributed by atoms with Gasteiger partial charge in [-0.3, -0.25) is 4.79 Å². The highest BCUT2D eigenvalue weighted by Gasteiger charge is 2.28. The second kappa shape index (κ2) is 9.52. The largest absolute Gasteiger partial charge is 0.368 e. The number of Topliss-reactive ketones (excluding diaryl/α,β-unsaturated/α-hetero) is 1. The lowest BCUT2D eigenvalue weighted by Crippen LogP contribution is -2.28. The molecule has 140 valence electrons. The molecule has 3 nitrogen and oxygen atoms in total. The van der Waals surface area contributed by atoms with Crippen LogP contribution < -0.4 is 0 Å². The maximum Gasteiger partial charge on any atom is 0.170 e. The van der Waals surface area contributed by atoms with Crippen molar-refractivity contribution in [2.24, 2.45) is 5.92 Å². The van der Waals surface area contributed by atoms with E-state index in [1.54, 1.807) is 36.4 Å². The minimum Gasteiger partial charge on any atom is -0.368 e. The fourth-order valence-corrected chi connectivity index (χ4v) is 3.16. The summed E-state index contributed by atoms with van der Waals surface area (Å²) in [6, 6.07) is 14.1. The Morgan fingerprint density at radius 2 is 1.69 bits per heavy atom. The van der Waals surface area contributed by atoms with Gasteiger partial charge in [0.25, 0.3) is 0 Å². The Morgan fingerprint density at radius 1 is 1.04 bits per heavy atom. The summed E-state index contributed by atoms with van der Waals surface area (Å²) in [5.74, 6) is -0.694. The van der Waals surface area contributed by atoms with Gasteiger partial charge in [-0.2, -0.15) is 0 Å². The Balaban J connectivity index is 2.30. The molecule has 0 amide bonds. The zero-order valence-electron chi connectivity index (χ0n) is 15.2. The van der Waals surface area contributed by atoms with E-state index in [2.05, 4.69) is 0 Å². The van der Waals surface area contributed by atoms with Crippen molar-refractivity contribution in [1.82, 2.24) is 0 Å². The van der Waals surface area contributed by atoms with E-state index in [4.69, 9.17) is 27.9 Å². The average molecular weight is 395 g/mol. The first-order valence-corrected chi connectivity index (χ1v) is 9.42. The van der Waals surface area contributed by atoms with E-state index >= 15 is 0 Å². The summed E-state index contributed by atoms with van der Waals surface area (Å²) in [4.78, 5) is 13.1. The second-order valence-electron chi connectivity index (χ2n) is 6.77. The van der Waals surface area contributed by atoms with Gasteiger partial charge in [0.05, 0.1) is 6.10 Å². The molecule has 0 bridgehead atoms. The second-order valence-corrected chi connectivity index (χ2v) is 7.64. The summed E-state index contributed by atoms with van der Waals surface area (Å²) in [5.41, 5.74) is 1.40. The lowest BCUT2D eigenvalue weighted by atomic mass is 9.83. The molecule has 0 heterocycles. The molecule has 2 rings (SSSR count). The van der Waals surface area contributed by atoms with Crippen LogP contribution in [0.25, 0.3) is 0 Å². The van der Waals surface area contributed by atoms with Crippen LogP contribution in [0.1, 0.15) is 49.0 Å². The maximum atomic E-state index is 13.1. The number of hydrogen-bond acceptors (Lipinski definition) is 3. The standard InChI is InChI=1S/C21H24Cl2O3/c1-13(2)26-21(25)14(3)11-19(16-5-4-6-18(23)12-16)20(24)15-7-9-17(22)10-8-15/h4-10,12-14,19,21,25H,11H2,1-3H3. The number of ketones is 1. The van der Waals surface area contributed by atoms with Crippen LogP contribution in [0, 0.1) is 5.92 Å². The van der Waals surface area contributed by atoms with Gasteiger partial charge in [0.15, 0.2) is 12.1 Å². The Kier molecular flexibility index (Phi) is 7.66. The number of aliphatic hydroxyl groups excluding tert-OH is 1. The van der Waals surface area contributed by atoms with Crippen molar-refractivity contribution in [1.29, 1.82) is 0 Å². The molecule has 0 saturated carbocycles. The van der Waals surface area contributed by atoms with Crippen LogP contribution in [0.2, 0.25) is 10.0 Å². The predicted molar refractivity (Wildman–Crippen MR) is 106 cm³/mol. The summed E-state index contributed by atoms with van der Waals surface area (Å²) < 4.78 is 5.47. The number of hydrogen-bond donors (Lipinski definition) is 1. The SMILES string of the molecule is CC(C)OC(O)C(C)CC(C(=O)c1ccc(Cl)cc1)c1cccc(Cl)c1. The maximum absolute atomic E-state index is 13.1. The first-order chi connectivity index (χ1) is 12.3. The average Bonchev–Trinajstić information content (AvgIpc) is 2.59. The predicted octanol–water partition coefficient (Wildman–Crippen LogP) is 5.73. The molecule has 0 fully saturated rings. The minimum atomic E-state index is -0.935. The molecule has 3 atom stereocenters. The zero-order valence-corrected chi connectivity index (χ0v) is 16.7. The minimum absolute atomic E-state index is 0.0347. The quantitative estimate of drug-likeness (QED) is 0.459. The Morgan fingerprint density at radius 3 is 2.27 bits per heavy atom. The molecule has 0 spiro atoms. The normalized spacial score (nSPS) is 14.9. The van der Waals surface area contributed by atoms with Crippen molar-refractivity contribution in [2.45, 2.75) is 45.5 Å². The zero-order chi connectivity index (χ0) is 19.3. The van der Waals surface area contributed by atoms with Gasteiger partial charge in [-0.1, -0.05) is 42.3 Å². The van der Waals surface area contributed by atoms with Gasteiger partial charge in [-0.15, -0.1) is 0 Å². The third-order valence-electron chi connectivity index (χ3n) is 4.20. The van der Waals surface area contributed by atoms with Crippen molar-refractivity contribution in [3.8, 4) is 0 Å². The van der Waals surface area contributed by atoms with Crippen molar-refractivity contribution in [2.75, 3.05) is 0 Å². The van der Waals surface area contributed by atoms with Crippen molar-refractivity contribution >= 4 is 29.0 Å².